The summed E-state index contributed by atoms with van der Waals surface area (Å²) in [6, 6.07) is 28.8. The molecule has 2 atom stereocenters. The Morgan fingerprint density at radius 3 is 2.28 bits per heavy atom. The van der Waals surface area contributed by atoms with Crippen LogP contribution >= 0.6 is 0 Å². The smallest absolute Gasteiger partial charge is 0.228 e. The minimum atomic E-state index is -0.417. The van der Waals surface area contributed by atoms with Gasteiger partial charge in [-0.3, -0.25) is 9.20 Å². The van der Waals surface area contributed by atoms with E-state index in [1.165, 1.54) is 47.0 Å². The summed E-state index contributed by atoms with van der Waals surface area (Å²) in [7, 11) is 0. The third-order valence-corrected chi connectivity index (χ3v) is 9.33. The van der Waals surface area contributed by atoms with Crippen LogP contribution in [-0.4, -0.2) is 27.0 Å². The number of amides is 1. The average Bonchev–Trinajstić information content (AvgIpc) is 3.31. The maximum Gasteiger partial charge on any atom is 0.228 e. The van der Waals surface area contributed by atoms with Gasteiger partial charge in [0.15, 0.2) is 0 Å². The van der Waals surface area contributed by atoms with Crippen LogP contribution in [0.25, 0.3) is 16.6 Å². The molecule has 1 aliphatic carbocycles. The van der Waals surface area contributed by atoms with Gasteiger partial charge in [0.05, 0.1) is 24.1 Å². The standard InChI is InChI=1S/C38H43N3O2/c1-26-23-27(2)41-35-18-12-11-17-32(35)33(37(41)39-26)24-28-19-21-31(22-20-28)36(30-15-7-4-3-5-8-16-30)38(43)40-34(25-42)29-13-9-6-10-14-29/h6,9-14,17-23,30,34,36,42H,3-5,7-8,15-16,24-25H2,1-2H3,(H,40,43)/t34-,36-/m0/s1. The number of carbonyl (C=O) groups excluding carboxylic acids is 1. The molecule has 0 saturated heterocycles. The number of fused-ring (bicyclic) bond motifs is 3. The van der Waals surface area contributed by atoms with Crippen LogP contribution in [0.5, 0.6) is 0 Å². The van der Waals surface area contributed by atoms with E-state index in [2.05, 4.69) is 78.2 Å². The highest BCUT2D eigenvalue weighted by Gasteiger charge is 2.31. The molecule has 43 heavy (non-hydrogen) atoms. The summed E-state index contributed by atoms with van der Waals surface area (Å²) in [5.41, 5.74) is 8.84. The quantitative estimate of drug-likeness (QED) is 0.198. The predicted molar refractivity (Wildman–Crippen MR) is 174 cm³/mol. The van der Waals surface area contributed by atoms with Crippen molar-refractivity contribution in [2.75, 3.05) is 6.61 Å². The van der Waals surface area contributed by atoms with Crippen LogP contribution in [0.4, 0.5) is 0 Å². The zero-order chi connectivity index (χ0) is 29.8. The number of aromatic nitrogens is 2. The van der Waals surface area contributed by atoms with Crippen molar-refractivity contribution in [1.29, 1.82) is 0 Å². The molecular formula is C38H43N3O2. The van der Waals surface area contributed by atoms with Crippen molar-refractivity contribution < 1.29 is 9.90 Å². The number of nitrogens with zero attached hydrogens (tertiary/aromatic N) is 2. The third-order valence-electron chi connectivity index (χ3n) is 9.33. The molecule has 222 valence electrons. The Morgan fingerprint density at radius 2 is 1.56 bits per heavy atom. The van der Waals surface area contributed by atoms with Gasteiger partial charge in [0.2, 0.25) is 5.91 Å². The first-order chi connectivity index (χ1) is 21.0. The second-order valence-corrected chi connectivity index (χ2v) is 12.3. The summed E-state index contributed by atoms with van der Waals surface area (Å²) in [6.45, 7) is 4.08. The zero-order valence-electron chi connectivity index (χ0n) is 25.4. The Hall–Kier alpha value is -3.96. The van der Waals surface area contributed by atoms with Crippen molar-refractivity contribution in [2.24, 2.45) is 5.92 Å². The summed E-state index contributed by atoms with van der Waals surface area (Å²) in [5.74, 6) is 0.0598. The molecule has 5 heteroatoms. The maximum atomic E-state index is 14.0. The Labute approximate surface area is 255 Å². The first-order valence-corrected chi connectivity index (χ1v) is 15.9. The third kappa shape index (κ3) is 6.23. The number of aliphatic hydroxyl groups is 1. The number of para-hydroxylation sites is 1. The lowest BCUT2D eigenvalue weighted by Gasteiger charge is -2.30. The molecule has 5 aromatic rings. The van der Waals surface area contributed by atoms with E-state index in [4.69, 9.17) is 4.98 Å². The second-order valence-electron chi connectivity index (χ2n) is 12.3. The molecule has 2 N–H and O–H groups in total. The highest BCUT2D eigenvalue weighted by Crippen LogP contribution is 2.36. The fraction of sp³-hybridized carbons (Fsp3) is 0.368. The Bertz CT molecular complexity index is 1680. The number of carbonyl (C=O) groups is 1. The molecule has 2 aromatic heterocycles. The van der Waals surface area contributed by atoms with E-state index >= 15 is 0 Å². The Kier molecular flexibility index (Phi) is 8.90. The Balaban J connectivity index is 1.32. The molecule has 1 saturated carbocycles. The molecule has 6 rings (SSSR count). The van der Waals surface area contributed by atoms with Gasteiger partial charge in [0, 0.05) is 28.8 Å². The fourth-order valence-corrected chi connectivity index (χ4v) is 7.20. The lowest BCUT2D eigenvalue weighted by atomic mass is 9.77. The van der Waals surface area contributed by atoms with Crippen molar-refractivity contribution in [3.63, 3.8) is 0 Å². The maximum absolute atomic E-state index is 14.0. The monoisotopic (exact) mass is 573 g/mol. The van der Waals surface area contributed by atoms with Gasteiger partial charge >= 0.3 is 0 Å². The van der Waals surface area contributed by atoms with Crippen LogP contribution in [0.1, 0.15) is 90.5 Å². The molecule has 2 heterocycles. The van der Waals surface area contributed by atoms with E-state index in [9.17, 15) is 9.90 Å². The van der Waals surface area contributed by atoms with Gasteiger partial charge in [-0.15, -0.1) is 0 Å². The number of hydrogen-bond acceptors (Lipinski definition) is 3. The first-order valence-electron chi connectivity index (χ1n) is 15.9. The lowest BCUT2D eigenvalue weighted by molar-refractivity contribution is -0.125. The minimum absolute atomic E-state index is 0.0146. The van der Waals surface area contributed by atoms with Crippen molar-refractivity contribution in [3.8, 4) is 0 Å². The topological polar surface area (TPSA) is 66.6 Å². The predicted octanol–water partition coefficient (Wildman–Crippen LogP) is 7.99. The fourth-order valence-electron chi connectivity index (χ4n) is 7.20. The highest BCUT2D eigenvalue weighted by molar-refractivity contribution is 5.91. The van der Waals surface area contributed by atoms with Crippen LogP contribution in [0.15, 0.2) is 84.9 Å². The molecule has 0 bridgehead atoms. The SMILES string of the molecule is Cc1cc(C)n2c(n1)c(Cc1ccc([C@@H](C(=O)N[C@@H](CO)c3ccccc3)C3CCCCCCC3)cc1)c1ccccc12. The van der Waals surface area contributed by atoms with Crippen molar-refractivity contribution in [3.05, 3.63) is 119 Å². The summed E-state index contributed by atoms with van der Waals surface area (Å²) in [5, 5.41) is 14.6. The van der Waals surface area contributed by atoms with Crippen LogP contribution in [0.2, 0.25) is 0 Å². The van der Waals surface area contributed by atoms with Gasteiger partial charge in [0.1, 0.15) is 5.65 Å². The average molecular weight is 574 g/mol. The van der Waals surface area contributed by atoms with Crippen LogP contribution in [-0.2, 0) is 11.2 Å². The molecular weight excluding hydrogens is 530 g/mol. The zero-order valence-corrected chi connectivity index (χ0v) is 25.4. The first kappa shape index (κ1) is 29.1. The van der Waals surface area contributed by atoms with Crippen molar-refractivity contribution in [2.45, 2.75) is 77.2 Å². The van der Waals surface area contributed by atoms with E-state index in [1.807, 2.05) is 30.3 Å². The number of hydrogen-bond donors (Lipinski definition) is 2. The van der Waals surface area contributed by atoms with Gasteiger partial charge in [-0.2, -0.15) is 0 Å². The molecule has 0 radical (unpaired) electrons. The summed E-state index contributed by atoms with van der Waals surface area (Å²) in [4.78, 5) is 19.0. The summed E-state index contributed by atoms with van der Waals surface area (Å²) >= 11 is 0. The lowest BCUT2D eigenvalue weighted by Crippen LogP contribution is -2.37. The van der Waals surface area contributed by atoms with E-state index in [0.717, 1.165) is 54.6 Å². The number of rotatable bonds is 8. The molecule has 1 fully saturated rings. The van der Waals surface area contributed by atoms with Gasteiger partial charge in [-0.25, -0.2) is 4.98 Å². The number of aryl methyl sites for hydroxylation is 2. The molecule has 5 nitrogen and oxygen atoms in total. The van der Waals surface area contributed by atoms with Gasteiger partial charge < -0.3 is 10.4 Å². The van der Waals surface area contributed by atoms with Crippen molar-refractivity contribution >= 4 is 22.5 Å². The molecule has 3 aromatic carbocycles. The largest absolute Gasteiger partial charge is 0.394 e. The van der Waals surface area contributed by atoms with E-state index in [-0.39, 0.29) is 24.3 Å². The van der Waals surface area contributed by atoms with E-state index in [0.29, 0.717) is 0 Å². The summed E-state index contributed by atoms with van der Waals surface area (Å²) < 4.78 is 2.27. The summed E-state index contributed by atoms with van der Waals surface area (Å²) in [6.07, 6.45) is 8.97. The molecule has 0 aliphatic heterocycles. The number of aliphatic hydroxyl groups excluding tert-OH is 1. The molecule has 0 unspecified atom stereocenters. The van der Waals surface area contributed by atoms with E-state index < -0.39 is 6.04 Å². The number of benzene rings is 3. The van der Waals surface area contributed by atoms with Gasteiger partial charge in [-0.05, 0) is 61.4 Å². The van der Waals surface area contributed by atoms with Crippen molar-refractivity contribution in [1.82, 2.24) is 14.7 Å². The Morgan fingerprint density at radius 1 is 0.884 bits per heavy atom. The van der Waals surface area contributed by atoms with Crippen LogP contribution in [0, 0.1) is 19.8 Å². The van der Waals surface area contributed by atoms with Crippen LogP contribution in [0.3, 0.4) is 0 Å². The second kappa shape index (κ2) is 13.1. The van der Waals surface area contributed by atoms with Crippen LogP contribution < -0.4 is 5.32 Å². The number of nitrogens with one attached hydrogen (secondary N) is 1. The van der Waals surface area contributed by atoms with Gasteiger partial charge in [0.25, 0.3) is 0 Å². The normalized spacial score (nSPS) is 16.1. The highest BCUT2D eigenvalue weighted by atomic mass is 16.3. The molecule has 1 aliphatic rings. The minimum Gasteiger partial charge on any atom is -0.394 e. The van der Waals surface area contributed by atoms with Gasteiger partial charge in [-0.1, -0.05) is 105 Å². The molecule has 1 amide bonds. The van der Waals surface area contributed by atoms with E-state index in [1.54, 1.807) is 0 Å². The molecule has 0 spiro atoms.